The smallest absolute Gasteiger partial charge is 0.171 e. The van der Waals surface area contributed by atoms with Gasteiger partial charge in [0.05, 0.1) is 12.3 Å². The van der Waals surface area contributed by atoms with Crippen LogP contribution in [0.15, 0.2) is 102 Å². The molecular weight excluding hydrogens is 362 g/mol. The standard InChI is InChI=1S/C22H19N7/c23-22(20-8-4-5-13-25-20)28-27-21(14-29-16-24-15-26-29)19-11-9-18(10-12-19)17-6-2-1-3-7-17/h1-13,15-16H,14H2,(H2,23,28)/b27-21+. The van der Waals surface area contributed by atoms with Crippen LogP contribution in [0.4, 0.5) is 0 Å². The van der Waals surface area contributed by atoms with E-state index in [-0.39, 0.29) is 5.84 Å². The van der Waals surface area contributed by atoms with Gasteiger partial charge in [-0.1, -0.05) is 60.7 Å². The molecular formula is C22H19N7. The van der Waals surface area contributed by atoms with Crippen LogP contribution in [0.25, 0.3) is 11.1 Å². The molecule has 0 saturated heterocycles. The van der Waals surface area contributed by atoms with E-state index in [4.69, 9.17) is 5.73 Å². The van der Waals surface area contributed by atoms with Gasteiger partial charge in [-0.15, -0.1) is 5.10 Å². The van der Waals surface area contributed by atoms with Gasteiger partial charge in [-0.3, -0.25) is 4.98 Å². The van der Waals surface area contributed by atoms with Crippen LogP contribution in [0.2, 0.25) is 0 Å². The summed E-state index contributed by atoms with van der Waals surface area (Å²) in [6.45, 7) is 0.420. The number of amidine groups is 1. The Hall–Kier alpha value is -4.13. The number of rotatable bonds is 6. The van der Waals surface area contributed by atoms with Crippen LogP contribution in [-0.4, -0.2) is 31.3 Å². The first kappa shape index (κ1) is 18.2. The quantitative estimate of drug-likeness (QED) is 0.315. The molecule has 2 aromatic carbocycles. The Labute approximate surface area is 168 Å². The molecule has 0 aliphatic carbocycles. The third-order valence-corrected chi connectivity index (χ3v) is 4.31. The second-order valence-electron chi connectivity index (χ2n) is 6.28. The Morgan fingerprint density at radius 3 is 2.31 bits per heavy atom. The van der Waals surface area contributed by atoms with E-state index >= 15 is 0 Å². The fraction of sp³-hybridized carbons (Fsp3) is 0.0455. The number of nitrogens with zero attached hydrogens (tertiary/aromatic N) is 6. The van der Waals surface area contributed by atoms with E-state index in [9.17, 15) is 0 Å². The number of nitrogens with two attached hydrogens (primary N) is 1. The Bertz CT molecular complexity index is 1100. The summed E-state index contributed by atoms with van der Waals surface area (Å²) < 4.78 is 1.69. The molecule has 2 aromatic heterocycles. The van der Waals surface area contributed by atoms with Gasteiger partial charge in [0.2, 0.25) is 0 Å². The second kappa shape index (κ2) is 8.71. The summed E-state index contributed by atoms with van der Waals surface area (Å²) in [5.41, 5.74) is 10.6. The van der Waals surface area contributed by atoms with E-state index in [1.165, 1.54) is 6.33 Å². The topological polar surface area (TPSA) is 94.3 Å². The average molecular weight is 381 g/mol. The lowest BCUT2D eigenvalue weighted by molar-refractivity contribution is 0.720. The lowest BCUT2D eigenvalue weighted by Crippen LogP contribution is -2.16. The molecule has 0 spiro atoms. The molecule has 2 N–H and O–H groups in total. The van der Waals surface area contributed by atoms with Crippen LogP contribution >= 0.6 is 0 Å². The van der Waals surface area contributed by atoms with Gasteiger partial charge < -0.3 is 5.73 Å². The van der Waals surface area contributed by atoms with E-state index in [2.05, 4.69) is 49.5 Å². The van der Waals surface area contributed by atoms with Gasteiger partial charge in [0, 0.05) is 6.20 Å². The molecule has 0 aliphatic heterocycles. The molecule has 7 nitrogen and oxygen atoms in total. The lowest BCUT2D eigenvalue weighted by atomic mass is 10.0. The highest BCUT2D eigenvalue weighted by Gasteiger charge is 2.08. The van der Waals surface area contributed by atoms with Crippen molar-refractivity contribution >= 4 is 11.5 Å². The van der Waals surface area contributed by atoms with Gasteiger partial charge in [-0.25, -0.2) is 9.67 Å². The molecule has 0 radical (unpaired) electrons. The molecule has 4 rings (SSSR count). The zero-order chi connectivity index (χ0) is 19.9. The number of benzene rings is 2. The predicted molar refractivity (Wildman–Crippen MR) is 113 cm³/mol. The van der Waals surface area contributed by atoms with Gasteiger partial charge in [0.25, 0.3) is 0 Å². The third-order valence-electron chi connectivity index (χ3n) is 4.31. The summed E-state index contributed by atoms with van der Waals surface area (Å²) in [5.74, 6) is 0.252. The summed E-state index contributed by atoms with van der Waals surface area (Å²) in [5, 5.41) is 12.8. The highest BCUT2D eigenvalue weighted by atomic mass is 15.3. The van der Waals surface area contributed by atoms with Crippen LogP contribution in [-0.2, 0) is 6.54 Å². The van der Waals surface area contributed by atoms with Crippen molar-refractivity contribution in [3.8, 4) is 11.1 Å². The average Bonchev–Trinajstić information content (AvgIpc) is 3.31. The van der Waals surface area contributed by atoms with E-state index in [0.29, 0.717) is 18.0 Å². The molecule has 0 atom stereocenters. The molecule has 4 aromatic rings. The van der Waals surface area contributed by atoms with Crippen molar-refractivity contribution in [2.24, 2.45) is 15.9 Å². The summed E-state index contributed by atoms with van der Waals surface area (Å²) in [6.07, 6.45) is 4.79. The second-order valence-corrected chi connectivity index (χ2v) is 6.28. The maximum Gasteiger partial charge on any atom is 0.171 e. The van der Waals surface area contributed by atoms with Gasteiger partial charge in [-0.2, -0.15) is 10.2 Å². The first-order chi connectivity index (χ1) is 14.3. The van der Waals surface area contributed by atoms with E-state index in [1.54, 1.807) is 23.3 Å². The Kier molecular flexibility index (Phi) is 5.48. The van der Waals surface area contributed by atoms with Crippen LogP contribution < -0.4 is 5.73 Å². The minimum Gasteiger partial charge on any atom is -0.380 e. The van der Waals surface area contributed by atoms with Crippen molar-refractivity contribution in [2.75, 3.05) is 0 Å². The lowest BCUT2D eigenvalue weighted by Gasteiger charge is -2.08. The first-order valence-electron chi connectivity index (χ1n) is 9.09. The molecule has 0 saturated carbocycles. The maximum absolute atomic E-state index is 6.04. The van der Waals surface area contributed by atoms with Crippen LogP contribution in [0.1, 0.15) is 11.3 Å². The molecule has 0 fully saturated rings. The van der Waals surface area contributed by atoms with Crippen molar-refractivity contribution < 1.29 is 0 Å². The molecule has 29 heavy (non-hydrogen) atoms. The Morgan fingerprint density at radius 2 is 1.62 bits per heavy atom. The molecule has 0 unspecified atom stereocenters. The summed E-state index contributed by atoms with van der Waals surface area (Å²) in [4.78, 5) is 8.19. The zero-order valence-corrected chi connectivity index (χ0v) is 15.6. The van der Waals surface area contributed by atoms with Crippen molar-refractivity contribution in [2.45, 2.75) is 6.54 Å². The fourth-order valence-electron chi connectivity index (χ4n) is 2.81. The van der Waals surface area contributed by atoms with Crippen molar-refractivity contribution in [3.05, 3.63) is 103 Å². The predicted octanol–water partition coefficient (Wildman–Crippen LogP) is 3.15. The van der Waals surface area contributed by atoms with Crippen LogP contribution in [0.3, 0.4) is 0 Å². The SMILES string of the molecule is N/C(=N\N=C(/Cn1cncn1)c1ccc(-c2ccccc2)cc1)c1ccccn1. The molecule has 0 amide bonds. The third kappa shape index (κ3) is 4.59. The van der Waals surface area contributed by atoms with E-state index in [0.717, 1.165) is 16.7 Å². The van der Waals surface area contributed by atoms with Crippen molar-refractivity contribution in [3.63, 3.8) is 0 Å². The maximum atomic E-state index is 6.04. The Balaban J connectivity index is 1.65. The highest BCUT2D eigenvalue weighted by molar-refractivity contribution is 6.02. The number of aromatic nitrogens is 4. The first-order valence-corrected chi connectivity index (χ1v) is 9.09. The van der Waals surface area contributed by atoms with Gasteiger partial charge >= 0.3 is 0 Å². The highest BCUT2D eigenvalue weighted by Crippen LogP contribution is 2.19. The fourth-order valence-corrected chi connectivity index (χ4v) is 2.81. The van der Waals surface area contributed by atoms with Crippen LogP contribution in [0, 0.1) is 0 Å². The van der Waals surface area contributed by atoms with E-state index in [1.807, 2.05) is 42.5 Å². The van der Waals surface area contributed by atoms with Crippen LogP contribution in [0.5, 0.6) is 0 Å². The largest absolute Gasteiger partial charge is 0.380 e. The summed E-state index contributed by atoms with van der Waals surface area (Å²) >= 11 is 0. The van der Waals surface area contributed by atoms with Gasteiger partial charge in [0.1, 0.15) is 18.3 Å². The molecule has 2 heterocycles. The summed E-state index contributed by atoms with van der Waals surface area (Å²) in [6, 6.07) is 23.8. The number of pyridine rings is 1. The minimum atomic E-state index is 0.252. The van der Waals surface area contributed by atoms with Crippen molar-refractivity contribution in [1.29, 1.82) is 0 Å². The molecule has 0 aliphatic rings. The monoisotopic (exact) mass is 381 g/mol. The van der Waals surface area contributed by atoms with Gasteiger partial charge in [-0.05, 0) is 28.8 Å². The van der Waals surface area contributed by atoms with E-state index < -0.39 is 0 Å². The molecule has 7 heteroatoms. The van der Waals surface area contributed by atoms with Gasteiger partial charge in [0.15, 0.2) is 5.84 Å². The minimum absolute atomic E-state index is 0.252. The Morgan fingerprint density at radius 1 is 0.862 bits per heavy atom. The van der Waals surface area contributed by atoms with Crippen molar-refractivity contribution in [1.82, 2.24) is 19.7 Å². The molecule has 142 valence electrons. The summed E-state index contributed by atoms with van der Waals surface area (Å²) in [7, 11) is 0. The zero-order valence-electron chi connectivity index (χ0n) is 15.6. The normalized spacial score (nSPS) is 12.1. The molecule has 0 bridgehead atoms. The number of hydrogen-bond donors (Lipinski definition) is 1. The number of hydrogen-bond acceptors (Lipinski definition) is 5.